The Morgan fingerprint density at radius 2 is 1.84 bits per heavy atom. The Balaban J connectivity index is 2.34. The van der Waals surface area contributed by atoms with Crippen molar-refractivity contribution >= 4 is 10.0 Å². The molecule has 2 atom stereocenters. The molecule has 2 aromatic rings. The molecule has 1 heterocycles. The zero-order valence-corrected chi connectivity index (χ0v) is 13.8. The van der Waals surface area contributed by atoms with E-state index in [1.54, 1.807) is 42.6 Å². The van der Waals surface area contributed by atoms with Gasteiger partial charge in [0.25, 0.3) is 5.54 Å². The van der Waals surface area contributed by atoms with Gasteiger partial charge in [-0.2, -0.15) is 0 Å². The van der Waals surface area contributed by atoms with Crippen molar-refractivity contribution in [3.63, 3.8) is 0 Å². The van der Waals surface area contributed by atoms with Gasteiger partial charge in [0, 0.05) is 22.2 Å². The SMILES string of the molecule is NS(=O)(=O)C1C=CC=CC1(c1ccccc1-c1ccccn1)[N+](=O)[O-]. The van der Waals surface area contributed by atoms with Crippen molar-refractivity contribution in [3.8, 4) is 11.3 Å². The van der Waals surface area contributed by atoms with E-state index in [4.69, 9.17) is 5.14 Å². The number of nitro groups is 1. The number of sulfonamides is 1. The average molecular weight is 357 g/mol. The Bertz CT molecular complexity index is 970. The Labute approximate surface area is 144 Å². The van der Waals surface area contributed by atoms with Crippen LogP contribution in [0.4, 0.5) is 0 Å². The Morgan fingerprint density at radius 3 is 2.48 bits per heavy atom. The van der Waals surface area contributed by atoms with Crippen LogP contribution in [0, 0.1) is 10.1 Å². The van der Waals surface area contributed by atoms with Crippen molar-refractivity contribution < 1.29 is 13.3 Å². The van der Waals surface area contributed by atoms with Crippen molar-refractivity contribution in [2.45, 2.75) is 10.8 Å². The van der Waals surface area contributed by atoms with Crippen LogP contribution in [0.1, 0.15) is 5.56 Å². The summed E-state index contributed by atoms with van der Waals surface area (Å²) in [5, 5.41) is 15.9. The van der Waals surface area contributed by atoms with Gasteiger partial charge in [-0.05, 0) is 18.2 Å². The maximum absolute atomic E-state index is 12.1. The van der Waals surface area contributed by atoms with E-state index < -0.39 is 25.7 Å². The molecule has 0 spiro atoms. The third-order valence-electron chi connectivity index (χ3n) is 4.14. The van der Waals surface area contributed by atoms with Crippen LogP contribution in [0.3, 0.4) is 0 Å². The Hall–Kier alpha value is -2.84. The molecule has 0 saturated carbocycles. The average Bonchev–Trinajstić information content (AvgIpc) is 2.61. The second-order valence-corrected chi connectivity index (χ2v) is 7.28. The molecule has 7 nitrogen and oxygen atoms in total. The predicted molar refractivity (Wildman–Crippen MR) is 93.5 cm³/mol. The van der Waals surface area contributed by atoms with Gasteiger partial charge in [0.1, 0.15) is 0 Å². The van der Waals surface area contributed by atoms with Gasteiger partial charge in [0.2, 0.25) is 10.0 Å². The zero-order valence-electron chi connectivity index (χ0n) is 13.0. The molecule has 0 amide bonds. The van der Waals surface area contributed by atoms with Crippen LogP contribution < -0.4 is 5.14 Å². The van der Waals surface area contributed by atoms with Crippen molar-refractivity contribution in [2.75, 3.05) is 0 Å². The summed E-state index contributed by atoms with van der Waals surface area (Å²) >= 11 is 0. The number of rotatable bonds is 4. The summed E-state index contributed by atoms with van der Waals surface area (Å²) in [6, 6.07) is 11.7. The minimum atomic E-state index is -4.23. The highest BCUT2D eigenvalue weighted by molar-refractivity contribution is 7.90. The molecule has 1 aliphatic carbocycles. The molecule has 0 saturated heterocycles. The van der Waals surface area contributed by atoms with Crippen molar-refractivity contribution in [2.24, 2.45) is 5.14 Å². The lowest BCUT2D eigenvalue weighted by atomic mass is 9.80. The van der Waals surface area contributed by atoms with Crippen molar-refractivity contribution in [3.05, 3.63) is 88.6 Å². The summed E-state index contributed by atoms with van der Waals surface area (Å²) in [4.78, 5) is 15.7. The van der Waals surface area contributed by atoms with E-state index in [1.807, 2.05) is 0 Å². The molecular weight excluding hydrogens is 342 g/mol. The van der Waals surface area contributed by atoms with Gasteiger partial charge in [-0.1, -0.05) is 48.6 Å². The molecule has 8 heteroatoms. The lowest BCUT2D eigenvalue weighted by molar-refractivity contribution is -0.561. The summed E-state index contributed by atoms with van der Waals surface area (Å²) in [7, 11) is -4.23. The number of hydrogen-bond acceptors (Lipinski definition) is 5. The maximum atomic E-state index is 12.1. The van der Waals surface area contributed by atoms with Crippen molar-refractivity contribution in [1.29, 1.82) is 0 Å². The Morgan fingerprint density at radius 1 is 1.12 bits per heavy atom. The monoisotopic (exact) mass is 357 g/mol. The first-order chi connectivity index (χ1) is 11.9. The number of aromatic nitrogens is 1. The minimum Gasteiger partial charge on any atom is -0.263 e. The fourth-order valence-electron chi connectivity index (χ4n) is 3.05. The van der Waals surface area contributed by atoms with Crippen LogP contribution in [-0.4, -0.2) is 23.6 Å². The number of pyridine rings is 1. The second-order valence-electron chi connectivity index (χ2n) is 5.60. The third kappa shape index (κ3) is 2.86. The smallest absolute Gasteiger partial charge is 0.263 e. The van der Waals surface area contributed by atoms with Crippen LogP contribution in [-0.2, 0) is 15.6 Å². The third-order valence-corrected chi connectivity index (χ3v) is 5.36. The normalized spacial score (nSPS) is 22.7. The first kappa shape index (κ1) is 17.0. The first-order valence-electron chi connectivity index (χ1n) is 7.40. The quantitative estimate of drug-likeness (QED) is 0.663. The van der Waals surface area contributed by atoms with Crippen molar-refractivity contribution in [1.82, 2.24) is 4.98 Å². The molecule has 2 unspecified atom stereocenters. The summed E-state index contributed by atoms with van der Waals surface area (Å²) in [6.07, 6.45) is 6.98. The number of primary sulfonamides is 1. The van der Waals surface area contributed by atoms with Crippen LogP contribution in [0.5, 0.6) is 0 Å². The molecule has 1 aromatic carbocycles. The molecule has 2 N–H and O–H groups in total. The highest BCUT2D eigenvalue weighted by atomic mass is 32.2. The molecule has 0 fully saturated rings. The molecule has 0 aliphatic heterocycles. The molecule has 128 valence electrons. The van der Waals surface area contributed by atoms with Crippen LogP contribution >= 0.6 is 0 Å². The molecular formula is C17H15N3O4S. The van der Waals surface area contributed by atoms with Crippen LogP contribution in [0.15, 0.2) is 73.0 Å². The fourth-order valence-corrected chi connectivity index (χ4v) is 4.15. The van der Waals surface area contributed by atoms with Crippen LogP contribution in [0.25, 0.3) is 11.3 Å². The summed E-state index contributed by atoms with van der Waals surface area (Å²) in [5.74, 6) is 0. The molecule has 25 heavy (non-hydrogen) atoms. The number of benzene rings is 1. The fraction of sp³-hybridized carbons (Fsp3) is 0.118. The lowest BCUT2D eigenvalue weighted by Gasteiger charge is -2.30. The summed E-state index contributed by atoms with van der Waals surface area (Å²) in [5.41, 5.74) is -0.821. The topological polar surface area (TPSA) is 116 Å². The van der Waals surface area contributed by atoms with Gasteiger partial charge in [-0.15, -0.1) is 0 Å². The minimum absolute atomic E-state index is 0.221. The van der Waals surface area contributed by atoms with Gasteiger partial charge >= 0.3 is 0 Å². The van der Waals surface area contributed by atoms with Gasteiger partial charge in [0.15, 0.2) is 5.25 Å². The first-order valence-corrected chi connectivity index (χ1v) is 9.01. The standard InChI is InChI=1S/C17H15N3O4S/c18-25(23,24)16-10-3-5-11-17(16,20(21)22)14-8-2-1-7-13(14)15-9-4-6-12-19-15/h1-12,16H,(H2,18,23,24). The van der Waals surface area contributed by atoms with Gasteiger partial charge in [0.05, 0.1) is 5.69 Å². The number of nitrogens with zero attached hydrogens (tertiary/aromatic N) is 2. The zero-order chi connectivity index (χ0) is 18.1. The molecule has 1 aliphatic rings. The predicted octanol–water partition coefficient (Wildman–Crippen LogP) is 2.00. The highest BCUT2D eigenvalue weighted by Gasteiger charge is 2.56. The summed E-state index contributed by atoms with van der Waals surface area (Å²) in [6.45, 7) is 0. The van der Waals surface area contributed by atoms with Gasteiger partial charge < -0.3 is 0 Å². The second kappa shape index (κ2) is 6.23. The van der Waals surface area contributed by atoms with E-state index in [2.05, 4.69) is 4.98 Å². The van der Waals surface area contributed by atoms with Gasteiger partial charge in [-0.25, -0.2) is 13.6 Å². The van der Waals surface area contributed by atoms with E-state index in [0.717, 1.165) is 0 Å². The van der Waals surface area contributed by atoms with E-state index in [-0.39, 0.29) is 5.56 Å². The maximum Gasteiger partial charge on any atom is 0.287 e. The highest BCUT2D eigenvalue weighted by Crippen LogP contribution is 2.41. The number of allylic oxidation sites excluding steroid dienone is 2. The summed E-state index contributed by atoms with van der Waals surface area (Å²) < 4.78 is 24.2. The van der Waals surface area contributed by atoms with Crippen LogP contribution in [0.2, 0.25) is 0 Å². The van der Waals surface area contributed by atoms with E-state index in [0.29, 0.717) is 11.3 Å². The molecule has 0 radical (unpaired) electrons. The molecule has 1 aromatic heterocycles. The molecule has 0 bridgehead atoms. The Kier molecular flexibility index (Phi) is 4.23. The number of nitrogens with two attached hydrogens (primary N) is 1. The van der Waals surface area contributed by atoms with E-state index in [9.17, 15) is 18.5 Å². The molecule has 3 rings (SSSR count). The largest absolute Gasteiger partial charge is 0.287 e. The van der Waals surface area contributed by atoms with E-state index >= 15 is 0 Å². The number of hydrogen-bond donors (Lipinski definition) is 1. The lowest BCUT2D eigenvalue weighted by Crippen LogP contribution is -2.51. The van der Waals surface area contributed by atoms with E-state index in [1.165, 1.54) is 30.4 Å². The van der Waals surface area contributed by atoms with Gasteiger partial charge in [-0.3, -0.25) is 15.1 Å².